The first-order valence-corrected chi connectivity index (χ1v) is 8.69. The van der Waals surface area contributed by atoms with Gasteiger partial charge in [0.15, 0.2) is 11.3 Å². The van der Waals surface area contributed by atoms with Crippen LogP contribution in [0.4, 0.5) is 4.39 Å². The van der Waals surface area contributed by atoms with Crippen molar-refractivity contribution in [3.8, 4) is 17.1 Å². The van der Waals surface area contributed by atoms with Crippen LogP contribution in [0.5, 0.6) is 5.75 Å². The van der Waals surface area contributed by atoms with E-state index in [0.29, 0.717) is 23.6 Å². The van der Waals surface area contributed by atoms with E-state index in [9.17, 15) is 4.39 Å². The average molecular weight is 362 g/mol. The molecule has 0 saturated heterocycles. The highest BCUT2D eigenvalue weighted by Crippen LogP contribution is 2.35. The maximum absolute atomic E-state index is 13.2. The zero-order chi connectivity index (χ0) is 18.6. The lowest BCUT2D eigenvalue weighted by atomic mass is 10.1. The van der Waals surface area contributed by atoms with Crippen molar-refractivity contribution in [2.45, 2.75) is 13.1 Å². The Kier molecular flexibility index (Phi) is 4.85. The summed E-state index contributed by atoms with van der Waals surface area (Å²) in [4.78, 5) is 4.13. The number of hydrogen-bond acceptors (Lipinski definition) is 4. The van der Waals surface area contributed by atoms with Crippen molar-refractivity contribution in [2.24, 2.45) is 0 Å². The molecule has 0 spiro atoms. The predicted molar refractivity (Wildman–Crippen MR) is 103 cm³/mol. The number of ether oxygens (including phenoxy) is 1. The molecule has 27 heavy (non-hydrogen) atoms. The lowest BCUT2D eigenvalue weighted by molar-refractivity contribution is 0.410. The van der Waals surface area contributed by atoms with Crippen LogP contribution in [0.25, 0.3) is 22.3 Å². The molecule has 4 rings (SSSR count). The van der Waals surface area contributed by atoms with Gasteiger partial charge in [0.2, 0.25) is 0 Å². The van der Waals surface area contributed by atoms with Gasteiger partial charge in [0.1, 0.15) is 11.6 Å². The summed E-state index contributed by atoms with van der Waals surface area (Å²) >= 11 is 0. The number of pyridine rings is 1. The molecule has 2 aromatic heterocycles. The lowest BCUT2D eigenvalue weighted by Crippen LogP contribution is -2.12. The third kappa shape index (κ3) is 3.68. The fourth-order valence-electron chi connectivity index (χ4n) is 3.07. The van der Waals surface area contributed by atoms with Crippen LogP contribution in [0.15, 0.2) is 71.4 Å². The first-order valence-electron chi connectivity index (χ1n) is 8.69. The Labute approximate surface area is 156 Å². The Morgan fingerprint density at radius 1 is 1.07 bits per heavy atom. The molecule has 0 bridgehead atoms. The molecule has 2 heterocycles. The summed E-state index contributed by atoms with van der Waals surface area (Å²) in [6.45, 7) is 1.40. The van der Waals surface area contributed by atoms with Crippen molar-refractivity contribution in [2.75, 3.05) is 7.11 Å². The van der Waals surface area contributed by atoms with Gasteiger partial charge in [-0.2, -0.15) is 0 Å². The van der Waals surface area contributed by atoms with Crippen LogP contribution in [0.3, 0.4) is 0 Å². The molecule has 0 unspecified atom stereocenters. The van der Waals surface area contributed by atoms with Crippen molar-refractivity contribution < 1.29 is 13.5 Å². The molecule has 0 saturated carbocycles. The van der Waals surface area contributed by atoms with Gasteiger partial charge in [-0.1, -0.05) is 12.1 Å². The summed E-state index contributed by atoms with van der Waals surface area (Å²) in [6.07, 6.45) is 3.61. The molecule has 1 N–H and O–H groups in total. The van der Waals surface area contributed by atoms with Crippen molar-refractivity contribution in [3.63, 3.8) is 0 Å². The highest BCUT2D eigenvalue weighted by atomic mass is 19.1. The summed E-state index contributed by atoms with van der Waals surface area (Å²) in [6, 6.07) is 16.1. The molecule has 136 valence electrons. The van der Waals surface area contributed by atoms with Gasteiger partial charge in [-0.3, -0.25) is 4.98 Å². The number of methoxy groups -OCH3 is 1. The predicted octanol–water partition coefficient (Wildman–Crippen LogP) is 4.93. The number of halogens is 1. The van der Waals surface area contributed by atoms with Crippen molar-refractivity contribution >= 4 is 11.0 Å². The number of hydrogen-bond donors (Lipinski definition) is 1. The van der Waals surface area contributed by atoms with E-state index in [0.717, 1.165) is 28.6 Å². The summed E-state index contributed by atoms with van der Waals surface area (Å²) in [5.74, 6) is 1.09. The molecular weight excluding hydrogens is 343 g/mol. The lowest BCUT2D eigenvalue weighted by Gasteiger charge is -2.08. The zero-order valence-corrected chi connectivity index (χ0v) is 14.9. The molecule has 0 fully saturated rings. The SMILES string of the molecule is COc1ccc(CNCc2cccnc2)c2cc(-c3ccc(F)cc3)oc12. The topological polar surface area (TPSA) is 47.3 Å². The third-order valence-electron chi connectivity index (χ3n) is 4.45. The van der Waals surface area contributed by atoms with Crippen LogP contribution in [-0.2, 0) is 13.1 Å². The third-order valence-corrected chi connectivity index (χ3v) is 4.45. The van der Waals surface area contributed by atoms with E-state index in [4.69, 9.17) is 9.15 Å². The molecule has 0 aliphatic carbocycles. The Bertz CT molecular complexity index is 1040. The smallest absolute Gasteiger partial charge is 0.176 e. The average Bonchev–Trinajstić information content (AvgIpc) is 3.15. The number of nitrogens with zero attached hydrogens (tertiary/aromatic N) is 1. The molecule has 0 amide bonds. The van der Waals surface area contributed by atoms with Crippen LogP contribution >= 0.6 is 0 Å². The largest absolute Gasteiger partial charge is 0.493 e. The fraction of sp³-hybridized carbons (Fsp3) is 0.136. The van der Waals surface area contributed by atoms with Crippen LogP contribution in [0.2, 0.25) is 0 Å². The van der Waals surface area contributed by atoms with E-state index in [1.807, 2.05) is 36.5 Å². The minimum absolute atomic E-state index is 0.271. The first kappa shape index (κ1) is 17.2. The van der Waals surface area contributed by atoms with E-state index >= 15 is 0 Å². The van der Waals surface area contributed by atoms with Crippen LogP contribution < -0.4 is 10.1 Å². The van der Waals surface area contributed by atoms with E-state index in [1.54, 1.807) is 25.4 Å². The van der Waals surface area contributed by atoms with E-state index in [-0.39, 0.29) is 5.82 Å². The molecule has 0 aliphatic rings. The second kappa shape index (κ2) is 7.60. The van der Waals surface area contributed by atoms with Gasteiger partial charge in [0, 0.05) is 36.4 Å². The van der Waals surface area contributed by atoms with Crippen molar-refractivity contribution in [3.05, 3.63) is 83.9 Å². The van der Waals surface area contributed by atoms with Gasteiger partial charge >= 0.3 is 0 Å². The first-order chi connectivity index (χ1) is 13.2. The van der Waals surface area contributed by atoms with Crippen molar-refractivity contribution in [1.29, 1.82) is 0 Å². The normalized spacial score (nSPS) is 11.0. The quantitative estimate of drug-likeness (QED) is 0.528. The summed E-state index contributed by atoms with van der Waals surface area (Å²) < 4.78 is 24.7. The highest BCUT2D eigenvalue weighted by molar-refractivity contribution is 5.90. The second-order valence-corrected chi connectivity index (χ2v) is 6.25. The Balaban J connectivity index is 1.63. The van der Waals surface area contributed by atoms with Crippen LogP contribution in [0, 0.1) is 5.82 Å². The Morgan fingerprint density at radius 2 is 1.93 bits per heavy atom. The highest BCUT2D eigenvalue weighted by Gasteiger charge is 2.14. The molecule has 5 heteroatoms. The molecule has 0 aliphatic heterocycles. The van der Waals surface area contributed by atoms with Gasteiger partial charge in [-0.25, -0.2) is 4.39 Å². The molecule has 4 aromatic rings. The zero-order valence-electron chi connectivity index (χ0n) is 14.9. The number of benzene rings is 2. The minimum Gasteiger partial charge on any atom is -0.493 e. The number of rotatable bonds is 6. The van der Waals surface area contributed by atoms with Gasteiger partial charge < -0.3 is 14.5 Å². The van der Waals surface area contributed by atoms with Gasteiger partial charge in [-0.05, 0) is 53.6 Å². The van der Waals surface area contributed by atoms with Crippen LogP contribution in [-0.4, -0.2) is 12.1 Å². The standard InChI is InChI=1S/C22H19FN2O2/c1-26-20-9-6-17(14-25-13-15-3-2-10-24-12-15)19-11-21(27-22(19)20)16-4-7-18(23)8-5-16/h2-12,25H,13-14H2,1H3. The molecular formula is C22H19FN2O2. The van der Waals surface area contributed by atoms with E-state index < -0.39 is 0 Å². The Hall–Kier alpha value is -3.18. The summed E-state index contributed by atoms with van der Waals surface area (Å²) in [5, 5.41) is 4.41. The Morgan fingerprint density at radius 3 is 2.67 bits per heavy atom. The number of aromatic nitrogens is 1. The van der Waals surface area contributed by atoms with Gasteiger partial charge in [0.25, 0.3) is 0 Å². The van der Waals surface area contributed by atoms with Crippen molar-refractivity contribution in [1.82, 2.24) is 10.3 Å². The van der Waals surface area contributed by atoms with Crippen LogP contribution in [0.1, 0.15) is 11.1 Å². The maximum Gasteiger partial charge on any atom is 0.176 e. The molecule has 2 aromatic carbocycles. The second-order valence-electron chi connectivity index (χ2n) is 6.25. The molecule has 4 nitrogen and oxygen atoms in total. The van der Waals surface area contributed by atoms with Gasteiger partial charge in [0.05, 0.1) is 7.11 Å². The van der Waals surface area contributed by atoms with Gasteiger partial charge in [-0.15, -0.1) is 0 Å². The minimum atomic E-state index is -0.271. The monoisotopic (exact) mass is 362 g/mol. The van der Waals surface area contributed by atoms with E-state index in [2.05, 4.69) is 10.3 Å². The summed E-state index contributed by atoms with van der Waals surface area (Å²) in [7, 11) is 1.62. The molecule has 0 atom stereocenters. The fourth-order valence-corrected chi connectivity index (χ4v) is 3.07. The molecule has 0 radical (unpaired) electrons. The summed E-state index contributed by atoms with van der Waals surface area (Å²) in [5.41, 5.74) is 3.75. The van der Waals surface area contributed by atoms with E-state index in [1.165, 1.54) is 12.1 Å². The number of nitrogens with one attached hydrogen (secondary N) is 1. The number of fused-ring (bicyclic) bond motifs is 1. The maximum atomic E-state index is 13.2. The number of furan rings is 1.